The molecule has 0 spiro atoms. The number of benzene rings is 2. The van der Waals surface area contributed by atoms with E-state index in [-0.39, 0.29) is 23.2 Å². The number of aromatic nitrogens is 2. The standard InChI is InChI=1S/C25H28N4O4S/c1-17-7-10-19(11-8-17)34(30,31)28-24-25(27-21-6-4-3-5-20(21)26-24)33-16-18-9-12-22-23(15-18)32-14-13-29(22)2/h7-12,15H,3-6,13-14,16H2,1-2H3,(H,26,28). The Bertz CT molecular complexity index is 1310. The molecule has 34 heavy (non-hydrogen) atoms. The largest absolute Gasteiger partial charge is 0.490 e. The number of hydrogen-bond acceptors (Lipinski definition) is 7. The van der Waals surface area contributed by atoms with E-state index in [1.54, 1.807) is 24.3 Å². The van der Waals surface area contributed by atoms with Gasteiger partial charge in [-0.25, -0.2) is 18.4 Å². The van der Waals surface area contributed by atoms with Crippen LogP contribution in [0.2, 0.25) is 0 Å². The van der Waals surface area contributed by atoms with Crippen LogP contribution in [0, 0.1) is 6.92 Å². The molecule has 0 bridgehead atoms. The maximum absolute atomic E-state index is 13.0. The van der Waals surface area contributed by atoms with Crippen LogP contribution in [-0.2, 0) is 29.5 Å². The number of ether oxygens (including phenoxy) is 2. The Balaban J connectivity index is 1.42. The van der Waals surface area contributed by atoms with Crippen molar-refractivity contribution in [3.8, 4) is 11.6 Å². The number of rotatable bonds is 6. The first-order valence-electron chi connectivity index (χ1n) is 11.5. The SMILES string of the molecule is Cc1ccc(S(=O)(=O)Nc2nc3c(nc2OCc2ccc4c(c2)OCCN4C)CCCC3)cc1. The molecule has 2 heterocycles. The molecule has 0 radical (unpaired) electrons. The van der Waals surface area contributed by atoms with E-state index in [1.807, 2.05) is 32.2 Å². The maximum atomic E-state index is 13.0. The normalized spacial score (nSPS) is 15.2. The van der Waals surface area contributed by atoms with Crippen LogP contribution in [-0.4, -0.2) is 38.6 Å². The topological polar surface area (TPSA) is 93.7 Å². The number of nitrogens with zero attached hydrogens (tertiary/aromatic N) is 3. The smallest absolute Gasteiger partial charge is 0.263 e. The molecule has 1 aliphatic carbocycles. The van der Waals surface area contributed by atoms with Gasteiger partial charge in [-0.15, -0.1) is 0 Å². The van der Waals surface area contributed by atoms with E-state index in [0.717, 1.165) is 66.2 Å². The molecule has 0 saturated carbocycles. The lowest BCUT2D eigenvalue weighted by atomic mass is 10.0. The van der Waals surface area contributed by atoms with E-state index in [0.29, 0.717) is 6.61 Å². The van der Waals surface area contributed by atoms with Crippen LogP contribution < -0.4 is 19.1 Å². The molecule has 1 aromatic heterocycles. The van der Waals surface area contributed by atoms with Gasteiger partial charge in [0.2, 0.25) is 5.82 Å². The van der Waals surface area contributed by atoms with Crippen molar-refractivity contribution in [1.82, 2.24) is 9.97 Å². The Labute approximate surface area is 200 Å². The van der Waals surface area contributed by atoms with Gasteiger partial charge in [-0.05, 0) is 62.4 Å². The Morgan fingerprint density at radius 3 is 2.56 bits per heavy atom. The van der Waals surface area contributed by atoms with Gasteiger partial charge < -0.3 is 14.4 Å². The zero-order valence-corrected chi connectivity index (χ0v) is 20.2. The van der Waals surface area contributed by atoms with Crippen LogP contribution in [0.25, 0.3) is 0 Å². The minimum Gasteiger partial charge on any atom is -0.490 e. The van der Waals surface area contributed by atoms with Crippen molar-refractivity contribution in [1.29, 1.82) is 0 Å². The average Bonchev–Trinajstić information content (AvgIpc) is 2.83. The monoisotopic (exact) mass is 480 g/mol. The molecule has 0 unspecified atom stereocenters. The molecular weight excluding hydrogens is 452 g/mol. The first-order valence-corrected chi connectivity index (χ1v) is 13.0. The van der Waals surface area contributed by atoms with Crippen LogP contribution in [0.4, 0.5) is 11.5 Å². The maximum Gasteiger partial charge on any atom is 0.263 e. The Morgan fingerprint density at radius 1 is 1.06 bits per heavy atom. The number of likely N-dealkylation sites (N-methyl/N-ethyl adjacent to an activating group) is 1. The average molecular weight is 481 g/mol. The molecule has 2 aromatic carbocycles. The van der Waals surface area contributed by atoms with Crippen LogP contribution in [0.1, 0.15) is 35.4 Å². The Hall–Kier alpha value is -3.33. The number of nitrogens with one attached hydrogen (secondary N) is 1. The number of sulfonamides is 1. The zero-order valence-electron chi connectivity index (χ0n) is 19.4. The summed E-state index contributed by atoms with van der Waals surface area (Å²) in [5.41, 5.74) is 4.62. The van der Waals surface area contributed by atoms with Gasteiger partial charge in [0, 0.05) is 7.05 Å². The number of aryl methyl sites for hydroxylation is 3. The highest BCUT2D eigenvalue weighted by Crippen LogP contribution is 2.33. The van der Waals surface area contributed by atoms with E-state index in [9.17, 15) is 8.42 Å². The predicted molar refractivity (Wildman–Crippen MR) is 130 cm³/mol. The van der Waals surface area contributed by atoms with E-state index >= 15 is 0 Å². The number of hydrogen-bond donors (Lipinski definition) is 1. The third-order valence-corrected chi connectivity index (χ3v) is 7.51. The lowest BCUT2D eigenvalue weighted by Crippen LogP contribution is -2.28. The van der Waals surface area contributed by atoms with Gasteiger partial charge in [-0.1, -0.05) is 23.8 Å². The molecule has 3 aromatic rings. The molecular formula is C25H28N4O4S. The van der Waals surface area contributed by atoms with Crippen molar-refractivity contribution in [2.24, 2.45) is 0 Å². The van der Waals surface area contributed by atoms with Crippen molar-refractivity contribution in [3.63, 3.8) is 0 Å². The van der Waals surface area contributed by atoms with Gasteiger partial charge in [-0.2, -0.15) is 0 Å². The summed E-state index contributed by atoms with van der Waals surface area (Å²) in [7, 11) is -1.80. The number of fused-ring (bicyclic) bond motifs is 2. The molecule has 0 amide bonds. The van der Waals surface area contributed by atoms with Gasteiger partial charge in [-0.3, -0.25) is 4.72 Å². The van der Waals surface area contributed by atoms with Crippen LogP contribution >= 0.6 is 0 Å². The fraction of sp³-hybridized carbons (Fsp3) is 0.360. The van der Waals surface area contributed by atoms with E-state index in [2.05, 4.69) is 19.6 Å². The van der Waals surface area contributed by atoms with Crippen molar-refractivity contribution < 1.29 is 17.9 Å². The predicted octanol–water partition coefficient (Wildman–Crippen LogP) is 3.87. The fourth-order valence-electron chi connectivity index (χ4n) is 4.19. The van der Waals surface area contributed by atoms with Crippen LogP contribution in [0.5, 0.6) is 11.6 Å². The molecule has 0 atom stereocenters. The lowest BCUT2D eigenvalue weighted by Gasteiger charge is -2.28. The van der Waals surface area contributed by atoms with Crippen molar-refractivity contribution in [2.75, 3.05) is 29.8 Å². The van der Waals surface area contributed by atoms with E-state index in [4.69, 9.17) is 9.47 Å². The quantitative estimate of drug-likeness (QED) is 0.572. The highest BCUT2D eigenvalue weighted by atomic mass is 32.2. The summed E-state index contributed by atoms with van der Waals surface area (Å²) in [6.45, 7) is 3.61. The summed E-state index contributed by atoms with van der Waals surface area (Å²) in [5, 5.41) is 0. The molecule has 1 aliphatic heterocycles. The second-order valence-electron chi connectivity index (χ2n) is 8.76. The summed E-state index contributed by atoms with van der Waals surface area (Å²) in [4.78, 5) is 11.6. The minimum absolute atomic E-state index is 0.121. The minimum atomic E-state index is -3.84. The Morgan fingerprint density at radius 2 is 1.79 bits per heavy atom. The molecule has 1 N–H and O–H groups in total. The van der Waals surface area contributed by atoms with Gasteiger partial charge >= 0.3 is 0 Å². The first kappa shape index (κ1) is 22.5. The number of anilines is 2. The summed E-state index contributed by atoms with van der Waals surface area (Å²) in [6, 6.07) is 12.6. The second kappa shape index (κ2) is 9.13. The highest BCUT2D eigenvalue weighted by Gasteiger charge is 2.23. The molecule has 2 aliphatic rings. The second-order valence-corrected chi connectivity index (χ2v) is 10.4. The van der Waals surface area contributed by atoms with Crippen molar-refractivity contribution >= 4 is 21.5 Å². The molecule has 9 heteroatoms. The summed E-state index contributed by atoms with van der Waals surface area (Å²) in [5.74, 6) is 1.12. The molecule has 8 nitrogen and oxygen atoms in total. The van der Waals surface area contributed by atoms with Crippen LogP contribution in [0.3, 0.4) is 0 Å². The molecule has 0 fully saturated rings. The van der Waals surface area contributed by atoms with Crippen molar-refractivity contribution in [2.45, 2.75) is 44.1 Å². The highest BCUT2D eigenvalue weighted by molar-refractivity contribution is 7.92. The summed E-state index contributed by atoms with van der Waals surface area (Å²) >= 11 is 0. The van der Waals surface area contributed by atoms with Crippen LogP contribution in [0.15, 0.2) is 47.4 Å². The van der Waals surface area contributed by atoms with Gasteiger partial charge in [0.05, 0.1) is 28.5 Å². The lowest BCUT2D eigenvalue weighted by molar-refractivity contribution is 0.288. The first-order chi connectivity index (χ1) is 16.4. The van der Waals surface area contributed by atoms with E-state index < -0.39 is 10.0 Å². The third-order valence-electron chi connectivity index (χ3n) is 6.15. The summed E-state index contributed by atoms with van der Waals surface area (Å²) < 4.78 is 40.5. The Kier molecular flexibility index (Phi) is 6.03. The summed E-state index contributed by atoms with van der Waals surface area (Å²) in [6.07, 6.45) is 3.63. The van der Waals surface area contributed by atoms with Gasteiger partial charge in [0.1, 0.15) is 19.0 Å². The molecule has 178 valence electrons. The van der Waals surface area contributed by atoms with Gasteiger partial charge in [0.25, 0.3) is 15.9 Å². The fourth-order valence-corrected chi connectivity index (χ4v) is 5.19. The molecule has 5 rings (SSSR count). The third kappa shape index (κ3) is 4.65. The van der Waals surface area contributed by atoms with Gasteiger partial charge in [0.15, 0.2) is 0 Å². The van der Waals surface area contributed by atoms with E-state index in [1.165, 1.54) is 0 Å². The molecule has 0 saturated heterocycles. The zero-order chi connectivity index (χ0) is 23.7. The van der Waals surface area contributed by atoms with Crippen molar-refractivity contribution in [3.05, 3.63) is 65.0 Å².